The van der Waals surface area contributed by atoms with E-state index in [0.29, 0.717) is 6.04 Å². The summed E-state index contributed by atoms with van der Waals surface area (Å²) in [7, 11) is 2.09. The third kappa shape index (κ3) is 1.14. The van der Waals surface area contributed by atoms with Crippen LogP contribution in [0.3, 0.4) is 0 Å². The van der Waals surface area contributed by atoms with Gasteiger partial charge >= 0.3 is 0 Å². The van der Waals surface area contributed by atoms with Crippen LogP contribution in [-0.2, 0) is 13.0 Å². The molecule has 1 fully saturated rings. The van der Waals surface area contributed by atoms with Gasteiger partial charge in [-0.3, -0.25) is 9.89 Å². The molecule has 0 spiro atoms. The Labute approximate surface area is 82.5 Å². The highest BCUT2D eigenvalue weighted by Gasteiger charge is 2.29. The molecule has 1 aliphatic heterocycles. The number of fused-ring (bicyclic) bond motifs is 1. The zero-order chi connectivity index (χ0) is 9.71. The molecule has 1 saturated carbocycles. The molecular weight excluding hydrogens is 178 g/mol. The van der Waals surface area contributed by atoms with Gasteiger partial charge in [-0.15, -0.1) is 0 Å². The molecule has 0 saturated heterocycles. The van der Waals surface area contributed by atoms with Crippen molar-refractivity contribution in [1.82, 2.24) is 14.7 Å². The molecule has 2 heterocycles. The van der Waals surface area contributed by atoms with Crippen molar-refractivity contribution in [2.24, 2.45) is 0 Å². The average molecular weight is 193 g/mol. The number of likely N-dealkylation sites (N-methyl/N-ethyl adjacent to an activating group) is 1. The number of aromatic nitrogens is 2. The number of nitrogens with zero attached hydrogens (tertiary/aromatic N) is 2. The lowest BCUT2D eigenvalue weighted by Gasteiger charge is -2.20. The second-order valence-corrected chi connectivity index (χ2v) is 4.46. The summed E-state index contributed by atoms with van der Waals surface area (Å²) in [5.41, 5.74) is 2.39. The molecule has 4 heteroatoms. The lowest BCUT2D eigenvalue weighted by Crippen LogP contribution is -2.28. The van der Waals surface area contributed by atoms with E-state index in [-0.39, 0.29) is 5.56 Å². The maximum absolute atomic E-state index is 11.9. The summed E-state index contributed by atoms with van der Waals surface area (Å²) in [5.74, 6) is 0. The van der Waals surface area contributed by atoms with Crippen molar-refractivity contribution in [1.29, 1.82) is 0 Å². The van der Waals surface area contributed by atoms with Crippen molar-refractivity contribution in [2.75, 3.05) is 13.6 Å². The van der Waals surface area contributed by atoms with Crippen molar-refractivity contribution >= 4 is 0 Å². The summed E-state index contributed by atoms with van der Waals surface area (Å²) < 4.78 is 1.84. The minimum atomic E-state index is 0.232. The fraction of sp³-hybridized carbons (Fsp3) is 0.700. The Balaban J connectivity index is 2.06. The Morgan fingerprint density at radius 3 is 2.93 bits per heavy atom. The molecule has 2 aliphatic rings. The molecular formula is C10H15N3O. The first-order valence-electron chi connectivity index (χ1n) is 5.26. The van der Waals surface area contributed by atoms with Crippen LogP contribution >= 0.6 is 0 Å². The molecule has 0 unspecified atom stereocenters. The molecule has 3 rings (SSSR count). The van der Waals surface area contributed by atoms with Gasteiger partial charge in [-0.05, 0) is 26.3 Å². The molecule has 1 aliphatic carbocycles. The zero-order valence-electron chi connectivity index (χ0n) is 8.42. The number of nitrogens with one attached hydrogen (secondary N) is 1. The van der Waals surface area contributed by atoms with E-state index in [1.54, 1.807) is 0 Å². The van der Waals surface area contributed by atoms with Crippen LogP contribution in [0.1, 0.15) is 30.1 Å². The topological polar surface area (TPSA) is 41.0 Å². The van der Waals surface area contributed by atoms with Crippen LogP contribution in [0.5, 0.6) is 0 Å². The number of H-pyrrole nitrogens is 1. The number of rotatable bonds is 1. The molecule has 76 valence electrons. The summed E-state index contributed by atoms with van der Waals surface area (Å²) >= 11 is 0. The van der Waals surface area contributed by atoms with Gasteiger partial charge in [0.15, 0.2) is 0 Å². The van der Waals surface area contributed by atoms with Crippen molar-refractivity contribution < 1.29 is 0 Å². The van der Waals surface area contributed by atoms with Crippen LogP contribution in [0.2, 0.25) is 0 Å². The van der Waals surface area contributed by atoms with Gasteiger partial charge in [-0.1, -0.05) is 0 Å². The Bertz CT molecular complexity index is 413. The van der Waals surface area contributed by atoms with Crippen LogP contribution < -0.4 is 5.56 Å². The first-order valence-corrected chi connectivity index (χ1v) is 5.26. The smallest absolute Gasteiger partial charge is 0.270 e. The van der Waals surface area contributed by atoms with E-state index >= 15 is 0 Å². The Morgan fingerprint density at radius 2 is 2.21 bits per heavy atom. The molecule has 0 amide bonds. The van der Waals surface area contributed by atoms with Crippen LogP contribution in [0.25, 0.3) is 0 Å². The van der Waals surface area contributed by atoms with Crippen molar-refractivity contribution in [2.45, 2.75) is 31.8 Å². The summed E-state index contributed by atoms with van der Waals surface area (Å²) in [5, 5.41) is 3.26. The highest BCUT2D eigenvalue weighted by atomic mass is 16.1. The monoisotopic (exact) mass is 193 g/mol. The van der Waals surface area contributed by atoms with Gasteiger partial charge in [-0.25, -0.2) is 4.68 Å². The fourth-order valence-corrected chi connectivity index (χ4v) is 2.17. The van der Waals surface area contributed by atoms with Gasteiger partial charge in [0.1, 0.15) is 0 Å². The minimum absolute atomic E-state index is 0.232. The highest BCUT2D eigenvalue weighted by molar-refractivity contribution is 5.21. The summed E-state index contributed by atoms with van der Waals surface area (Å²) in [6.45, 7) is 1.90. The van der Waals surface area contributed by atoms with Crippen LogP contribution in [0.4, 0.5) is 0 Å². The fourth-order valence-electron chi connectivity index (χ4n) is 2.17. The van der Waals surface area contributed by atoms with Crippen molar-refractivity contribution in [3.8, 4) is 0 Å². The molecule has 4 nitrogen and oxygen atoms in total. The van der Waals surface area contributed by atoms with Gasteiger partial charge in [0.05, 0.1) is 11.7 Å². The Kier molecular flexibility index (Phi) is 1.62. The van der Waals surface area contributed by atoms with E-state index in [1.165, 1.54) is 0 Å². The maximum Gasteiger partial charge on any atom is 0.270 e. The van der Waals surface area contributed by atoms with E-state index in [1.807, 2.05) is 4.68 Å². The molecule has 0 aromatic carbocycles. The lowest BCUT2D eigenvalue weighted by molar-refractivity contribution is 0.308. The molecule has 14 heavy (non-hydrogen) atoms. The molecule has 1 aromatic rings. The molecule has 0 radical (unpaired) electrons. The third-order valence-electron chi connectivity index (χ3n) is 3.18. The van der Waals surface area contributed by atoms with Gasteiger partial charge < -0.3 is 4.90 Å². The van der Waals surface area contributed by atoms with Gasteiger partial charge in [-0.2, -0.15) is 0 Å². The van der Waals surface area contributed by atoms with E-state index in [4.69, 9.17) is 0 Å². The second kappa shape index (κ2) is 2.73. The van der Waals surface area contributed by atoms with Gasteiger partial charge in [0.2, 0.25) is 0 Å². The van der Waals surface area contributed by atoms with Crippen molar-refractivity contribution in [3.63, 3.8) is 0 Å². The quantitative estimate of drug-likeness (QED) is 0.705. The second-order valence-electron chi connectivity index (χ2n) is 4.46. The van der Waals surface area contributed by atoms with E-state index in [0.717, 1.165) is 43.6 Å². The number of aromatic amines is 1. The maximum atomic E-state index is 11.9. The predicted octanol–water partition coefficient (Wildman–Crippen LogP) is 0.499. The standard InChI is InChI=1S/C10H15N3O/c1-12-5-4-8-9(6-12)11-13(10(8)14)7-2-3-7/h7,11H,2-6H2,1H3. The van der Waals surface area contributed by atoms with Crippen LogP contribution in [0, 0.1) is 0 Å². The van der Waals surface area contributed by atoms with E-state index in [2.05, 4.69) is 17.0 Å². The first kappa shape index (κ1) is 8.29. The molecule has 1 N–H and O–H groups in total. The van der Waals surface area contributed by atoms with E-state index in [9.17, 15) is 4.79 Å². The number of hydrogen-bond donors (Lipinski definition) is 1. The minimum Gasteiger partial charge on any atom is -0.300 e. The lowest BCUT2D eigenvalue weighted by atomic mass is 10.1. The van der Waals surface area contributed by atoms with Gasteiger partial charge in [0.25, 0.3) is 5.56 Å². The van der Waals surface area contributed by atoms with Crippen LogP contribution in [-0.4, -0.2) is 28.3 Å². The molecule has 0 atom stereocenters. The normalized spacial score (nSPS) is 22.4. The Morgan fingerprint density at radius 1 is 1.43 bits per heavy atom. The third-order valence-corrected chi connectivity index (χ3v) is 3.18. The largest absolute Gasteiger partial charge is 0.300 e. The predicted molar refractivity (Wildman–Crippen MR) is 53.4 cm³/mol. The highest BCUT2D eigenvalue weighted by Crippen LogP contribution is 2.33. The van der Waals surface area contributed by atoms with Gasteiger partial charge in [0, 0.05) is 18.7 Å². The number of hydrogen-bond acceptors (Lipinski definition) is 2. The summed E-state index contributed by atoms with van der Waals surface area (Å²) in [4.78, 5) is 14.2. The van der Waals surface area contributed by atoms with Crippen LogP contribution in [0.15, 0.2) is 4.79 Å². The molecule has 0 bridgehead atoms. The summed E-state index contributed by atoms with van der Waals surface area (Å²) in [6.07, 6.45) is 3.23. The Hall–Kier alpha value is -1.03. The van der Waals surface area contributed by atoms with E-state index < -0.39 is 0 Å². The summed E-state index contributed by atoms with van der Waals surface area (Å²) in [6, 6.07) is 0.471. The molecule has 1 aromatic heterocycles. The van der Waals surface area contributed by atoms with Crippen molar-refractivity contribution in [3.05, 3.63) is 21.6 Å². The zero-order valence-corrected chi connectivity index (χ0v) is 8.42. The average Bonchev–Trinajstić information content (AvgIpc) is 2.93. The SMILES string of the molecule is CN1CCc2c([nH]n(C3CC3)c2=O)C1. The first-order chi connectivity index (χ1) is 6.75.